The number of aliphatic carboxylic acids is 2. The van der Waals surface area contributed by atoms with Crippen LogP contribution >= 0.6 is 0 Å². The number of carbonyl (C=O) groups is 2. The molecule has 0 spiro atoms. The van der Waals surface area contributed by atoms with Gasteiger partial charge in [-0.25, -0.2) is 0 Å². The van der Waals surface area contributed by atoms with Crippen molar-refractivity contribution in [3.8, 4) is 0 Å². The molecule has 0 aromatic rings. The minimum absolute atomic E-state index is 0.0775. The molecule has 0 amide bonds. The van der Waals surface area contributed by atoms with Gasteiger partial charge < -0.3 is 10.2 Å². The normalized spacial score (nSPS) is 10.2. The number of hydrogen-bond donors (Lipinski definition) is 2. The average Bonchev–Trinajstić information content (AvgIpc) is 2.00. The van der Waals surface area contributed by atoms with Gasteiger partial charge in [0.2, 0.25) is 0 Å². The van der Waals surface area contributed by atoms with Gasteiger partial charge in [0.1, 0.15) is 0 Å². The summed E-state index contributed by atoms with van der Waals surface area (Å²) in [5.41, 5.74) is -0.0775. The first-order chi connectivity index (χ1) is 7.19. The smallest absolute Gasteiger partial charge is 0.303 e. The summed E-state index contributed by atoms with van der Waals surface area (Å²) in [7, 11) is 0. The summed E-state index contributed by atoms with van der Waals surface area (Å²) in [6.45, 7) is 7.77. The van der Waals surface area contributed by atoms with Gasteiger partial charge in [-0.15, -0.1) is 0 Å². The summed E-state index contributed by atoms with van der Waals surface area (Å²) in [6, 6.07) is 0. The van der Waals surface area contributed by atoms with Gasteiger partial charge in [0.05, 0.1) is 6.42 Å². The second-order valence-corrected chi connectivity index (χ2v) is 4.98. The van der Waals surface area contributed by atoms with Gasteiger partial charge in [-0.2, -0.15) is 0 Å². The van der Waals surface area contributed by atoms with Crippen molar-refractivity contribution in [1.29, 1.82) is 0 Å². The van der Waals surface area contributed by atoms with E-state index >= 15 is 0 Å². The molecule has 16 heavy (non-hydrogen) atoms. The number of unbranched alkanes of at least 4 members (excludes halogenated alkanes) is 2. The standard InChI is InChI=1S/2C6H12O2/c1-6(2,3)4-5(7)8;1-2-3-4-5-6(7)8/h4H2,1-3H3,(H,7,8);2-5H2,1H3,(H,7,8). The fourth-order valence-corrected chi connectivity index (χ4v) is 0.980. The molecule has 0 aliphatic rings. The quantitative estimate of drug-likeness (QED) is 0.714. The SMILES string of the molecule is CC(C)(C)CC(=O)O.CCCCCC(=O)O. The van der Waals surface area contributed by atoms with E-state index in [0.717, 1.165) is 19.3 Å². The molecular weight excluding hydrogens is 208 g/mol. The number of carboxylic acids is 2. The molecule has 0 fully saturated rings. The number of hydrogen-bond acceptors (Lipinski definition) is 2. The molecule has 4 nitrogen and oxygen atoms in total. The predicted molar refractivity (Wildman–Crippen MR) is 63.5 cm³/mol. The van der Waals surface area contributed by atoms with Crippen molar-refractivity contribution in [2.24, 2.45) is 5.41 Å². The van der Waals surface area contributed by atoms with E-state index in [1.807, 2.05) is 20.8 Å². The lowest BCUT2D eigenvalue weighted by molar-refractivity contribution is -0.139. The highest BCUT2D eigenvalue weighted by Gasteiger charge is 2.13. The van der Waals surface area contributed by atoms with Crippen LogP contribution in [0.4, 0.5) is 0 Å². The summed E-state index contributed by atoms with van der Waals surface area (Å²) in [5.74, 6) is -1.41. The summed E-state index contributed by atoms with van der Waals surface area (Å²) in [5, 5.41) is 16.4. The predicted octanol–water partition coefficient (Wildman–Crippen LogP) is 3.16. The summed E-state index contributed by atoms with van der Waals surface area (Å²) in [6.07, 6.45) is 3.52. The van der Waals surface area contributed by atoms with Crippen molar-refractivity contribution < 1.29 is 19.8 Å². The largest absolute Gasteiger partial charge is 0.481 e. The van der Waals surface area contributed by atoms with Crippen LogP contribution in [0.5, 0.6) is 0 Å². The fraction of sp³-hybridized carbons (Fsp3) is 0.833. The maximum atomic E-state index is 10.0. The zero-order valence-corrected chi connectivity index (χ0v) is 10.7. The van der Waals surface area contributed by atoms with E-state index in [-0.39, 0.29) is 11.8 Å². The topological polar surface area (TPSA) is 74.6 Å². The van der Waals surface area contributed by atoms with Gasteiger partial charge in [-0.3, -0.25) is 9.59 Å². The molecule has 0 aromatic heterocycles. The lowest BCUT2D eigenvalue weighted by Gasteiger charge is -2.13. The Bertz CT molecular complexity index is 204. The van der Waals surface area contributed by atoms with Crippen LogP contribution in [0.15, 0.2) is 0 Å². The van der Waals surface area contributed by atoms with E-state index in [1.54, 1.807) is 0 Å². The molecule has 0 bridgehead atoms. The first kappa shape index (κ1) is 17.3. The van der Waals surface area contributed by atoms with E-state index in [9.17, 15) is 9.59 Å². The second-order valence-electron chi connectivity index (χ2n) is 4.98. The Labute approximate surface area is 97.7 Å². The van der Waals surface area contributed by atoms with Crippen LogP contribution in [0, 0.1) is 5.41 Å². The van der Waals surface area contributed by atoms with E-state index in [1.165, 1.54) is 0 Å². The number of carboxylic acid groups (broad SMARTS) is 2. The van der Waals surface area contributed by atoms with Crippen molar-refractivity contribution in [2.45, 2.75) is 59.8 Å². The lowest BCUT2D eigenvalue weighted by atomic mass is 9.93. The van der Waals surface area contributed by atoms with Gasteiger partial charge in [-0.05, 0) is 11.8 Å². The highest BCUT2D eigenvalue weighted by atomic mass is 16.4. The zero-order valence-electron chi connectivity index (χ0n) is 10.7. The molecule has 0 atom stereocenters. The van der Waals surface area contributed by atoms with Crippen molar-refractivity contribution >= 4 is 11.9 Å². The van der Waals surface area contributed by atoms with Crippen LogP contribution in [0.2, 0.25) is 0 Å². The Morgan fingerprint density at radius 2 is 1.50 bits per heavy atom. The third-order valence-corrected chi connectivity index (χ3v) is 1.68. The Kier molecular flexibility index (Phi) is 9.96. The van der Waals surface area contributed by atoms with Crippen LogP contribution in [0.3, 0.4) is 0 Å². The fourth-order valence-electron chi connectivity index (χ4n) is 0.980. The van der Waals surface area contributed by atoms with Gasteiger partial charge >= 0.3 is 11.9 Å². The Morgan fingerprint density at radius 3 is 1.69 bits per heavy atom. The highest BCUT2D eigenvalue weighted by Crippen LogP contribution is 2.17. The minimum Gasteiger partial charge on any atom is -0.481 e. The molecule has 2 N–H and O–H groups in total. The summed E-state index contributed by atoms with van der Waals surface area (Å²) < 4.78 is 0. The Morgan fingerprint density at radius 1 is 1.00 bits per heavy atom. The van der Waals surface area contributed by atoms with Gasteiger partial charge in [0.15, 0.2) is 0 Å². The third-order valence-electron chi connectivity index (χ3n) is 1.68. The van der Waals surface area contributed by atoms with Crippen molar-refractivity contribution in [3.63, 3.8) is 0 Å². The van der Waals surface area contributed by atoms with E-state index in [0.29, 0.717) is 6.42 Å². The molecule has 0 aliphatic heterocycles. The molecule has 96 valence electrons. The Balaban J connectivity index is 0. The van der Waals surface area contributed by atoms with Crippen LogP contribution in [0.25, 0.3) is 0 Å². The van der Waals surface area contributed by atoms with Crippen molar-refractivity contribution in [3.05, 3.63) is 0 Å². The van der Waals surface area contributed by atoms with Crippen LogP contribution in [-0.2, 0) is 9.59 Å². The first-order valence-electron chi connectivity index (χ1n) is 5.62. The van der Waals surface area contributed by atoms with Crippen LogP contribution < -0.4 is 0 Å². The van der Waals surface area contributed by atoms with Crippen LogP contribution in [0.1, 0.15) is 59.8 Å². The van der Waals surface area contributed by atoms with E-state index < -0.39 is 11.9 Å². The molecular formula is C12H24O4. The average molecular weight is 232 g/mol. The van der Waals surface area contributed by atoms with Crippen molar-refractivity contribution in [2.75, 3.05) is 0 Å². The molecule has 0 rings (SSSR count). The Hall–Kier alpha value is -1.06. The minimum atomic E-state index is -0.725. The maximum absolute atomic E-state index is 10.0. The summed E-state index contributed by atoms with van der Waals surface area (Å²) in [4.78, 5) is 19.9. The molecule has 0 aromatic carbocycles. The van der Waals surface area contributed by atoms with E-state index in [2.05, 4.69) is 6.92 Å². The molecule has 0 radical (unpaired) electrons. The molecule has 0 heterocycles. The van der Waals surface area contributed by atoms with Gasteiger partial charge in [-0.1, -0.05) is 40.5 Å². The molecule has 4 heteroatoms. The van der Waals surface area contributed by atoms with Crippen molar-refractivity contribution in [1.82, 2.24) is 0 Å². The molecule has 0 unspecified atom stereocenters. The number of rotatable bonds is 5. The second kappa shape index (κ2) is 9.19. The monoisotopic (exact) mass is 232 g/mol. The zero-order chi connectivity index (χ0) is 13.2. The lowest BCUT2D eigenvalue weighted by Crippen LogP contribution is -2.11. The molecule has 0 aliphatic carbocycles. The van der Waals surface area contributed by atoms with Gasteiger partial charge in [0, 0.05) is 6.42 Å². The first-order valence-corrected chi connectivity index (χ1v) is 5.62. The third kappa shape index (κ3) is 23.1. The molecule has 0 saturated heterocycles. The van der Waals surface area contributed by atoms with E-state index in [4.69, 9.17) is 10.2 Å². The van der Waals surface area contributed by atoms with Crippen LogP contribution in [-0.4, -0.2) is 22.2 Å². The molecule has 0 saturated carbocycles. The summed E-state index contributed by atoms with van der Waals surface area (Å²) >= 11 is 0. The van der Waals surface area contributed by atoms with Gasteiger partial charge in [0.25, 0.3) is 0 Å². The highest BCUT2D eigenvalue weighted by molar-refractivity contribution is 5.67. The maximum Gasteiger partial charge on any atom is 0.303 e.